The summed E-state index contributed by atoms with van der Waals surface area (Å²) in [5.41, 5.74) is 0.643. The van der Waals surface area contributed by atoms with Gasteiger partial charge in [0.25, 0.3) is 11.4 Å². The predicted molar refractivity (Wildman–Crippen MR) is 211 cm³/mol. The molecule has 60 heavy (non-hydrogen) atoms. The van der Waals surface area contributed by atoms with Gasteiger partial charge in [0.15, 0.2) is 0 Å². The number of aliphatic hydroxyl groups is 2. The standard InChI is InChI=1S/C39H46N6O14S/c1-21-33-32(22(2)47)36(49)43(33)34(37(50)51)35(21)60-29-16-30(42(18-29)39(53)59-20-24-5-9-28(10-6-24)45(56)57)25(12-14-46)15-31(48)41-13-11-26(17-41)40-38(52)58-19-23-3-7-27(8-4-23)44(54)55/h3-10,21-22,25-26,29-30,32-33,46-47H,11-20H2,1-2H3,(H,40,52)(H,50,51)/t21-,22-,25-,26+,29+,30+,32-,33-/m1/s1. The van der Waals surface area contributed by atoms with Crippen LogP contribution in [0.5, 0.6) is 0 Å². The molecule has 4 aliphatic rings. The molecule has 0 spiro atoms. The molecule has 2 aromatic rings. The van der Waals surface area contributed by atoms with Crippen molar-refractivity contribution >= 4 is 53.1 Å². The molecular formula is C39H46N6O14S. The summed E-state index contributed by atoms with van der Waals surface area (Å²) in [5, 5.41) is 55.0. The van der Waals surface area contributed by atoms with Crippen molar-refractivity contribution in [1.82, 2.24) is 20.0 Å². The molecule has 0 aliphatic carbocycles. The first-order valence-corrected chi connectivity index (χ1v) is 20.3. The maximum atomic E-state index is 13.8. The Labute approximate surface area is 347 Å². The Hall–Kier alpha value is -5.80. The van der Waals surface area contributed by atoms with Gasteiger partial charge in [0.05, 0.1) is 34.0 Å². The second-order valence-corrected chi connectivity index (χ2v) is 16.7. The molecule has 2 aromatic carbocycles. The monoisotopic (exact) mass is 854 g/mol. The number of nitro groups is 2. The smallest absolute Gasteiger partial charge is 0.410 e. The van der Waals surface area contributed by atoms with Crippen molar-refractivity contribution in [2.75, 3.05) is 26.2 Å². The van der Waals surface area contributed by atoms with E-state index < -0.39 is 81.1 Å². The Kier molecular flexibility index (Phi) is 13.6. The maximum absolute atomic E-state index is 13.8. The van der Waals surface area contributed by atoms with E-state index in [0.717, 1.165) is 0 Å². The van der Waals surface area contributed by atoms with E-state index in [1.807, 2.05) is 0 Å². The zero-order valence-electron chi connectivity index (χ0n) is 32.8. The van der Waals surface area contributed by atoms with Crippen LogP contribution in [0.1, 0.15) is 50.7 Å². The minimum atomic E-state index is -1.29. The van der Waals surface area contributed by atoms with Gasteiger partial charge in [0.2, 0.25) is 11.8 Å². The molecule has 3 fully saturated rings. The van der Waals surface area contributed by atoms with E-state index in [1.165, 1.54) is 77.0 Å². The van der Waals surface area contributed by atoms with Crippen LogP contribution in [-0.4, -0.2) is 126 Å². The third-order valence-electron chi connectivity index (χ3n) is 11.5. The minimum Gasteiger partial charge on any atom is -0.477 e. The number of nitro benzene ring substituents is 2. The lowest BCUT2D eigenvalue weighted by Gasteiger charge is -2.46. The van der Waals surface area contributed by atoms with Gasteiger partial charge in [-0.05, 0) is 67.5 Å². The van der Waals surface area contributed by atoms with Gasteiger partial charge in [-0.3, -0.25) is 29.8 Å². The average molecular weight is 855 g/mol. The number of aliphatic carboxylic acids is 1. The molecule has 21 heteroatoms. The maximum Gasteiger partial charge on any atom is 0.410 e. The molecule has 0 radical (unpaired) electrons. The summed E-state index contributed by atoms with van der Waals surface area (Å²) in [5.74, 6) is -3.81. The van der Waals surface area contributed by atoms with Gasteiger partial charge in [-0.15, -0.1) is 11.8 Å². The highest BCUT2D eigenvalue weighted by atomic mass is 32.2. The highest BCUT2D eigenvalue weighted by molar-refractivity contribution is 8.03. The molecular weight excluding hydrogens is 809 g/mol. The van der Waals surface area contributed by atoms with Gasteiger partial charge in [0.1, 0.15) is 18.9 Å². The molecule has 20 nitrogen and oxygen atoms in total. The predicted octanol–water partition coefficient (Wildman–Crippen LogP) is 3.39. The lowest BCUT2D eigenvalue weighted by molar-refractivity contribution is -0.385. The molecule has 322 valence electrons. The van der Waals surface area contributed by atoms with E-state index in [9.17, 15) is 59.5 Å². The number of ether oxygens (including phenoxy) is 2. The molecule has 4 aliphatic heterocycles. The van der Waals surface area contributed by atoms with Gasteiger partial charge in [0, 0.05) is 79.0 Å². The van der Waals surface area contributed by atoms with Crippen LogP contribution < -0.4 is 5.32 Å². The lowest BCUT2D eigenvalue weighted by Crippen LogP contribution is -2.63. The third-order valence-corrected chi connectivity index (χ3v) is 13.0. The summed E-state index contributed by atoms with van der Waals surface area (Å²) in [7, 11) is 0. The van der Waals surface area contributed by atoms with Gasteiger partial charge in [-0.2, -0.15) is 0 Å². The molecule has 0 aromatic heterocycles. The fourth-order valence-corrected chi connectivity index (χ4v) is 10.0. The fraction of sp³-hybridized carbons (Fsp3) is 0.513. The van der Waals surface area contributed by atoms with Crippen LogP contribution in [0.15, 0.2) is 59.1 Å². The van der Waals surface area contributed by atoms with Crippen LogP contribution in [0.25, 0.3) is 0 Å². The molecule has 4 amide bonds. The summed E-state index contributed by atoms with van der Waals surface area (Å²) in [6, 6.07) is 9.44. The summed E-state index contributed by atoms with van der Waals surface area (Å²) in [6.45, 7) is 3.20. The second-order valence-electron chi connectivity index (χ2n) is 15.4. The highest BCUT2D eigenvalue weighted by Gasteiger charge is 2.60. The number of nitrogens with zero attached hydrogens (tertiary/aromatic N) is 5. The van der Waals surface area contributed by atoms with Crippen LogP contribution in [0.3, 0.4) is 0 Å². The van der Waals surface area contributed by atoms with Crippen molar-refractivity contribution in [2.24, 2.45) is 17.8 Å². The van der Waals surface area contributed by atoms with Crippen LogP contribution >= 0.6 is 11.8 Å². The zero-order chi connectivity index (χ0) is 43.4. The summed E-state index contributed by atoms with van der Waals surface area (Å²) in [4.78, 5) is 91.4. The molecule has 0 bridgehead atoms. The van der Waals surface area contributed by atoms with Gasteiger partial charge in [-0.1, -0.05) is 6.92 Å². The quantitative estimate of drug-likeness (QED) is 0.107. The second kappa shape index (κ2) is 18.6. The number of fused-ring (bicyclic) bond motifs is 1. The van der Waals surface area contributed by atoms with Crippen molar-refractivity contribution in [2.45, 2.75) is 82.2 Å². The zero-order valence-corrected chi connectivity index (χ0v) is 33.6. The number of carbonyl (C=O) groups excluding carboxylic acids is 4. The first-order valence-electron chi connectivity index (χ1n) is 19.4. The van der Waals surface area contributed by atoms with E-state index in [4.69, 9.17) is 9.47 Å². The lowest BCUT2D eigenvalue weighted by atomic mass is 9.79. The van der Waals surface area contributed by atoms with Crippen molar-refractivity contribution in [3.05, 3.63) is 90.5 Å². The first kappa shape index (κ1) is 43.8. The van der Waals surface area contributed by atoms with Crippen LogP contribution in [0.2, 0.25) is 0 Å². The van der Waals surface area contributed by atoms with Crippen molar-refractivity contribution in [1.29, 1.82) is 0 Å². The number of likely N-dealkylation sites (tertiary alicyclic amines) is 2. The SMILES string of the molecule is C[C@@H](O)[C@H]1C(=O)N2C(C(=O)O)=C(S[C@H]3C[C@@H]([C@H](CCO)CC(=O)N4CC[C@H](NC(=O)OCc5ccc([N+](=O)[O-])cc5)C4)N(C(=O)OCc4ccc([N+](=O)[O-])cc4)C3)[C@H](C)[C@H]12. The summed E-state index contributed by atoms with van der Waals surface area (Å²) < 4.78 is 10.9. The molecule has 8 atom stereocenters. The molecule has 4 N–H and O–H groups in total. The van der Waals surface area contributed by atoms with Crippen molar-refractivity contribution in [3.63, 3.8) is 0 Å². The Morgan fingerprint density at radius 1 is 0.967 bits per heavy atom. The largest absolute Gasteiger partial charge is 0.477 e. The number of alkyl carbamates (subject to hydrolysis) is 1. The number of carbonyl (C=O) groups is 5. The number of nitrogens with one attached hydrogen (secondary N) is 1. The molecule has 0 saturated carbocycles. The Morgan fingerprint density at radius 2 is 1.57 bits per heavy atom. The van der Waals surface area contributed by atoms with E-state index in [0.29, 0.717) is 29.0 Å². The Morgan fingerprint density at radius 3 is 2.12 bits per heavy atom. The first-order chi connectivity index (χ1) is 28.6. The normalized spacial score (nSPS) is 24.4. The van der Waals surface area contributed by atoms with Gasteiger partial charge < -0.3 is 44.8 Å². The van der Waals surface area contributed by atoms with Gasteiger partial charge >= 0.3 is 18.2 Å². The number of non-ortho nitro benzene ring substituents is 2. The number of hydrogen-bond acceptors (Lipinski definition) is 14. The topological polar surface area (TPSA) is 273 Å². The highest BCUT2D eigenvalue weighted by Crippen LogP contribution is 2.52. The van der Waals surface area contributed by atoms with E-state index in [2.05, 4.69) is 5.32 Å². The van der Waals surface area contributed by atoms with Gasteiger partial charge in [-0.25, -0.2) is 14.4 Å². The summed E-state index contributed by atoms with van der Waals surface area (Å²) in [6.07, 6.45) is -1.69. The summed E-state index contributed by atoms with van der Waals surface area (Å²) >= 11 is 1.23. The Balaban J connectivity index is 1.13. The number of thioether (sulfide) groups is 1. The van der Waals surface area contributed by atoms with Crippen molar-refractivity contribution < 1.29 is 58.6 Å². The van der Waals surface area contributed by atoms with E-state index in [-0.39, 0.29) is 75.2 Å². The molecule has 0 unspecified atom stereocenters. The molecule has 3 saturated heterocycles. The number of rotatable bonds is 16. The number of benzene rings is 2. The number of β-lactam (4-membered cyclic amide) rings is 1. The van der Waals surface area contributed by atoms with Crippen molar-refractivity contribution in [3.8, 4) is 0 Å². The molecule has 4 heterocycles. The van der Waals surface area contributed by atoms with Crippen LogP contribution in [0, 0.1) is 38.0 Å². The minimum absolute atomic E-state index is 0.0732. The average Bonchev–Trinajstić information content (AvgIpc) is 3.92. The van der Waals surface area contributed by atoms with E-state index in [1.54, 1.807) is 11.8 Å². The Bertz CT molecular complexity index is 2030. The van der Waals surface area contributed by atoms with E-state index >= 15 is 0 Å². The number of carboxylic acid groups (broad SMARTS) is 1. The number of aliphatic hydroxyl groups excluding tert-OH is 2. The van der Waals surface area contributed by atoms with Crippen LogP contribution in [0.4, 0.5) is 21.0 Å². The third kappa shape index (κ3) is 9.47. The molecule has 6 rings (SSSR count). The number of carboxylic acids is 1. The van der Waals surface area contributed by atoms with Crippen LogP contribution in [-0.2, 0) is 37.1 Å². The number of hydrogen-bond donors (Lipinski definition) is 4. The number of amides is 4. The fourth-order valence-electron chi connectivity index (χ4n) is 8.49.